The van der Waals surface area contributed by atoms with Gasteiger partial charge in [0.15, 0.2) is 0 Å². The molecular weight excluding hydrogens is 2120 g/mol. The third-order valence-corrected chi connectivity index (χ3v) is 34.0. The summed E-state index contributed by atoms with van der Waals surface area (Å²) in [6.07, 6.45) is 7.46. The molecule has 35 heteroatoms. The van der Waals surface area contributed by atoms with Crippen LogP contribution >= 0.6 is 110 Å². The fourth-order valence-corrected chi connectivity index (χ4v) is 23.6. The number of rotatable bonds is 32. The first-order valence-corrected chi connectivity index (χ1v) is 55.6. The Bertz CT molecular complexity index is 7110. The minimum atomic E-state index is -3.81. The van der Waals surface area contributed by atoms with Crippen molar-refractivity contribution < 1.29 is 77.2 Å². The van der Waals surface area contributed by atoms with Gasteiger partial charge in [-0.3, -0.25) is 28.4 Å². The number of hydrogen-bond acceptors (Lipinski definition) is 21. The van der Waals surface area contributed by atoms with Crippen LogP contribution in [0, 0.1) is 0 Å². The van der Waals surface area contributed by atoms with Crippen LogP contribution in [0.15, 0.2) is 323 Å². The van der Waals surface area contributed by atoms with Crippen molar-refractivity contribution in [2.24, 2.45) is 0 Å². The van der Waals surface area contributed by atoms with Crippen molar-refractivity contribution in [3.63, 3.8) is 0 Å². The lowest BCUT2D eigenvalue weighted by Crippen LogP contribution is -2.13. The number of aromatic hydroxyl groups is 5. The highest BCUT2D eigenvalue weighted by molar-refractivity contribution is 9.11. The Morgan fingerprint density at radius 1 is 0.311 bits per heavy atom. The van der Waals surface area contributed by atoms with Crippen molar-refractivity contribution in [2.75, 3.05) is 40.9 Å². The lowest BCUT2D eigenvalue weighted by molar-refractivity contribution is -0.117. The van der Waals surface area contributed by atoms with Crippen LogP contribution in [0.25, 0.3) is 53.9 Å². The number of carbonyl (C=O) groups is 2. The maximum atomic E-state index is 12.8. The van der Waals surface area contributed by atoms with Crippen molar-refractivity contribution in [3.05, 3.63) is 295 Å². The molecule has 14 aromatic carbocycles. The zero-order valence-electron chi connectivity index (χ0n) is 71.7. The van der Waals surface area contributed by atoms with E-state index in [0.717, 1.165) is 84.8 Å². The maximum Gasteiger partial charge on any atom is 0.271 e. The second-order valence-corrected chi connectivity index (χ2v) is 46.4. The number of thiophene rings is 1. The Labute approximate surface area is 819 Å². The number of fused-ring (bicyclic) bond motifs is 5. The van der Waals surface area contributed by atoms with Gasteiger partial charge >= 0.3 is 0 Å². The number of unbranched alkanes of at least 4 members (excludes halogenated alkanes) is 3. The summed E-state index contributed by atoms with van der Waals surface area (Å²) in [5, 5.41) is 60.6. The van der Waals surface area contributed by atoms with Crippen molar-refractivity contribution in [3.8, 4) is 28.7 Å². The molecule has 15 rings (SSSR count). The maximum absolute atomic E-state index is 12.8. The van der Waals surface area contributed by atoms with E-state index < -0.39 is 50.1 Å². The van der Waals surface area contributed by atoms with Crippen LogP contribution in [-0.2, 0) is 72.5 Å². The minimum Gasteiger partial charge on any atom is -0.507 e. The number of phenols is 5. The molecule has 690 valence electrons. The highest BCUT2D eigenvalue weighted by Crippen LogP contribution is 2.46. The normalized spacial score (nSPS) is 11.6. The van der Waals surface area contributed by atoms with E-state index in [-0.39, 0.29) is 76.3 Å². The monoisotopic (exact) mass is 2200 g/mol. The van der Waals surface area contributed by atoms with Gasteiger partial charge in [-0.2, -0.15) is 0 Å². The number of ketones is 2. The topological polar surface area (TPSA) is 366 Å². The van der Waals surface area contributed by atoms with Gasteiger partial charge in [0.1, 0.15) is 44.5 Å². The van der Waals surface area contributed by atoms with E-state index >= 15 is 0 Å². The lowest BCUT2D eigenvalue weighted by Gasteiger charge is -2.15. The highest BCUT2D eigenvalue weighted by Gasteiger charge is 2.26. The summed E-state index contributed by atoms with van der Waals surface area (Å²) >= 11 is 18.6. The van der Waals surface area contributed by atoms with Crippen LogP contribution in [0.3, 0.4) is 0 Å². The van der Waals surface area contributed by atoms with Gasteiger partial charge in [-0.25, -0.2) is 42.1 Å². The van der Waals surface area contributed by atoms with E-state index in [9.17, 15) is 77.2 Å². The summed E-state index contributed by atoms with van der Waals surface area (Å²) < 4.78 is 144. The van der Waals surface area contributed by atoms with E-state index in [2.05, 4.69) is 108 Å². The molecule has 0 unspecified atom stereocenters. The van der Waals surface area contributed by atoms with Crippen LogP contribution in [-0.4, -0.2) is 96.4 Å². The third-order valence-electron chi connectivity index (χ3n) is 20.1. The number of thioether (sulfide) groups is 3. The molecule has 132 heavy (non-hydrogen) atoms. The van der Waals surface area contributed by atoms with Gasteiger partial charge in [-0.05, 0) is 207 Å². The molecule has 0 bridgehead atoms. The summed E-state index contributed by atoms with van der Waals surface area (Å²) in [5.41, 5.74) is 3.44. The van der Waals surface area contributed by atoms with Crippen molar-refractivity contribution in [1.82, 2.24) is 0 Å². The molecule has 0 atom stereocenters. The molecule has 0 spiro atoms. The van der Waals surface area contributed by atoms with E-state index in [1.54, 1.807) is 200 Å². The molecule has 0 aliphatic rings. The molecule has 0 saturated heterocycles. The SMILES string of the molecule is CC(=O)CCc1cc(NS(=O)(=O)c2cccs2)c2ccccc2c1O.CC(=O)CSc1cc(NS(=O)(=O)c2ccc(Br)cc2)c2ccccc2c1O.CCCCCc1cc(NS(=O)(=O)c2ccc(Br)cc2)c2ccccc2c1O.CCCCSc1cc(NS(=O)(=O)c2ccc(Br)cc2)c2ccccc2c1O.CCCSc1cc(NS(=O)(=O)c2ccc(Br)cc2)c2ccccc2c1O. The largest absolute Gasteiger partial charge is 0.507 e. The number of Topliss-reactive ketones (excluding diaryl/α,β-unsaturated/α-hetero) is 2. The Morgan fingerprint density at radius 2 is 0.598 bits per heavy atom. The molecule has 0 aliphatic carbocycles. The third kappa shape index (κ3) is 27.0. The molecule has 0 amide bonds. The molecule has 1 heterocycles. The van der Waals surface area contributed by atoms with Gasteiger partial charge in [0.05, 0.1) is 68.5 Å². The van der Waals surface area contributed by atoms with Gasteiger partial charge in [0.25, 0.3) is 50.1 Å². The molecule has 22 nitrogen and oxygen atoms in total. The van der Waals surface area contributed by atoms with Gasteiger partial charge < -0.3 is 30.3 Å². The molecular formula is C97H93Br4N5O17S9. The van der Waals surface area contributed by atoms with Crippen LogP contribution < -0.4 is 23.6 Å². The van der Waals surface area contributed by atoms with Gasteiger partial charge in [-0.15, -0.1) is 46.6 Å². The van der Waals surface area contributed by atoms with Crippen molar-refractivity contribution in [2.45, 2.75) is 131 Å². The number of benzene rings is 14. The Morgan fingerprint density at radius 3 is 0.894 bits per heavy atom. The first-order valence-electron chi connectivity index (χ1n) is 41.2. The van der Waals surface area contributed by atoms with E-state index in [1.165, 1.54) is 67.3 Å². The second-order valence-electron chi connectivity index (χ2n) is 29.9. The van der Waals surface area contributed by atoms with E-state index in [1.807, 2.05) is 48.5 Å². The molecule has 0 aliphatic heterocycles. The zero-order valence-corrected chi connectivity index (χ0v) is 85.4. The minimum absolute atomic E-state index is 0.00766. The average molecular weight is 2210 g/mol. The number of phenolic OH excluding ortho intramolecular Hbond substituents is 5. The molecule has 0 saturated carbocycles. The molecule has 0 fully saturated rings. The Kier molecular flexibility index (Phi) is 36.5. The first-order chi connectivity index (χ1) is 62.9. The average Bonchev–Trinajstić information content (AvgIpc) is 1.08. The Balaban J connectivity index is 0.000000159. The van der Waals surface area contributed by atoms with Crippen LogP contribution in [0.1, 0.15) is 90.7 Å². The summed E-state index contributed by atoms with van der Waals surface area (Å²) in [4.78, 5) is 25.0. The number of hydrogen-bond donors (Lipinski definition) is 10. The van der Waals surface area contributed by atoms with Gasteiger partial charge in [0.2, 0.25) is 0 Å². The summed E-state index contributed by atoms with van der Waals surface area (Å²) in [7, 11) is -18.7. The number of aryl methyl sites for hydroxylation is 2. The van der Waals surface area contributed by atoms with Gasteiger partial charge in [0, 0.05) is 78.2 Å². The summed E-state index contributed by atoms with van der Waals surface area (Å²) in [6.45, 7) is 9.24. The van der Waals surface area contributed by atoms with Crippen molar-refractivity contribution >= 4 is 254 Å². The molecule has 15 aromatic rings. The fourth-order valence-electron chi connectivity index (χ4n) is 13.4. The number of anilines is 5. The van der Waals surface area contributed by atoms with E-state index in [4.69, 9.17) is 0 Å². The number of carbonyl (C=O) groups excluding carboxylic acids is 2. The predicted molar refractivity (Wildman–Crippen MR) is 553 cm³/mol. The number of halogens is 4. The highest BCUT2D eigenvalue weighted by atomic mass is 79.9. The first kappa shape index (κ1) is 103. The van der Waals surface area contributed by atoms with Crippen LogP contribution in [0.5, 0.6) is 28.7 Å². The molecule has 1 aromatic heterocycles. The van der Waals surface area contributed by atoms with Crippen molar-refractivity contribution in [1.29, 1.82) is 0 Å². The lowest BCUT2D eigenvalue weighted by atomic mass is 9.99. The quantitative estimate of drug-likeness (QED) is 0.0106. The van der Waals surface area contributed by atoms with E-state index in [0.29, 0.717) is 115 Å². The fraction of sp³-hybridized carbons (Fsp3) is 0.175. The smallest absolute Gasteiger partial charge is 0.271 e. The summed E-state index contributed by atoms with van der Waals surface area (Å²) in [5.74, 6) is 2.58. The van der Waals surface area contributed by atoms with Crippen LogP contribution in [0.4, 0.5) is 28.4 Å². The zero-order chi connectivity index (χ0) is 95.2. The Hall–Kier alpha value is -9.86. The molecule has 0 radical (unpaired) electrons. The summed E-state index contributed by atoms with van der Waals surface area (Å²) in [6, 6.07) is 73.0. The molecule has 10 N–H and O–H groups in total. The van der Waals surface area contributed by atoms with Crippen LogP contribution in [0.2, 0.25) is 0 Å². The number of sulfonamides is 5. The standard InChI is InChI=1S/C21H22BrNO3S.C20H20BrNO3S2.C19H16BrNO4S2.C19H18BrNO3S2.C18H17NO4S2/c1-2-3-4-7-15-14-20(18-8-5-6-9-19(18)21(15)24)23-27(25,26)17-12-10-16(22)11-13-17;1-2-3-12-26-19-13-18(16-6-4-5-7-17(16)20(19)23)22-27(24,25)15-10-8-14(21)9-11-15;1-12(22)11-26-18-10-17(15-4-2-3-5-16(15)19(18)23)21-27(24,25)14-8-6-13(20)7-9-14;1-2-11-25-18-12-17(15-5-3-4-6-16(15)19(18)22)21-26(23,24)14-9-7-13(20)8-10-14;1-12(20)8-9-13-11-16(14-5-2-3-6-15(14)18(13)21)19-25(22,23)17-7-4-10-24-17/h5-6,8-14,23-24H,2-4,7H2,1H3;4-11,13,22-23H,2-3,12H2,1H3;2-10,21,23H,11H2,1H3;3-10,12,21-22H,2,11H2,1H3;2-7,10-11,19,21H,8-9H2,1H3. The predicted octanol–water partition coefficient (Wildman–Crippen LogP) is 26.2. The second kappa shape index (κ2) is 46.9. The number of nitrogens with one attached hydrogen (secondary N) is 5. The van der Waals surface area contributed by atoms with Gasteiger partial charge in [-0.1, -0.05) is 231 Å².